The van der Waals surface area contributed by atoms with Crippen molar-refractivity contribution in [2.75, 3.05) is 7.11 Å². The molecule has 0 saturated heterocycles. The van der Waals surface area contributed by atoms with Gasteiger partial charge < -0.3 is 9.30 Å². The molecule has 0 fully saturated rings. The summed E-state index contributed by atoms with van der Waals surface area (Å²) in [6, 6.07) is 6.28. The number of aryl methyl sites for hydroxylation is 3. The minimum atomic E-state index is -0.219. The minimum absolute atomic E-state index is 0.219. The van der Waals surface area contributed by atoms with E-state index in [-0.39, 0.29) is 12.5 Å². The Morgan fingerprint density at radius 1 is 1.29 bits per heavy atom. The molecule has 0 saturated carbocycles. The van der Waals surface area contributed by atoms with Crippen molar-refractivity contribution in [3.8, 4) is 0 Å². The largest absolute Gasteiger partial charge is 0.468 e. The maximum Gasteiger partial charge on any atom is 0.325 e. The van der Waals surface area contributed by atoms with Crippen molar-refractivity contribution in [2.45, 2.75) is 27.3 Å². The highest BCUT2D eigenvalue weighted by atomic mass is 16.5. The van der Waals surface area contributed by atoms with Crippen LogP contribution < -0.4 is 0 Å². The van der Waals surface area contributed by atoms with Gasteiger partial charge in [-0.05, 0) is 44.0 Å². The Bertz CT molecular complexity index is 581. The normalized spacial score (nSPS) is 10.8. The van der Waals surface area contributed by atoms with E-state index in [0.29, 0.717) is 0 Å². The standard InChI is InChI=1S/C14H17NO2/c1-9-5-6-13-12(11(9)3)7-10(2)15(13)8-14(16)17-4/h5-7H,8H2,1-4H3. The Hall–Kier alpha value is -1.77. The van der Waals surface area contributed by atoms with Gasteiger partial charge in [-0.15, -0.1) is 0 Å². The van der Waals surface area contributed by atoms with Gasteiger partial charge in [0.1, 0.15) is 6.54 Å². The lowest BCUT2D eigenvalue weighted by Gasteiger charge is -2.07. The van der Waals surface area contributed by atoms with Crippen LogP contribution in [0.3, 0.4) is 0 Å². The van der Waals surface area contributed by atoms with Crippen LogP contribution in [0.1, 0.15) is 16.8 Å². The summed E-state index contributed by atoms with van der Waals surface area (Å²) in [4.78, 5) is 11.4. The molecule has 2 aromatic rings. The van der Waals surface area contributed by atoms with Crippen LogP contribution in [0.25, 0.3) is 10.9 Å². The average Bonchev–Trinajstić information content (AvgIpc) is 2.62. The number of nitrogens with zero attached hydrogens (tertiary/aromatic N) is 1. The molecule has 0 radical (unpaired) electrons. The summed E-state index contributed by atoms with van der Waals surface area (Å²) < 4.78 is 6.72. The van der Waals surface area contributed by atoms with Crippen molar-refractivity contribution >= 4 is 16.9 Å². The van der Waals surface area contributed by atoms with E-state index in [1.165, 1.54) is 23.6 Å². The van der Waals surface area contributed by atoms with Gasteiger partial charge in [0.2, 0.25) is 0 Å². The number of esters is 1. The number of hydrogen-bond donors (Lipinski definition) is 0. The van der Waals surface area contributed by atoms with Gasteiger partial charge in [0.05, 0.1) is 7.11 Å². The number of carbonyl (C=O) groups is 1. The Morgan fingerprint density at radius 3 is 2.65 bits per heavy atom. The number of ether oxygens (including phenoxy) is 1. The Morgan fingerprint density at radius 2 is 2.00 bits per heavy atom. The smallest absolute Gasteiger partial charge is 0.325 e. The summed E-state index contributed by atoms with van der Waals surface area (Å²) in [6.07, 6.45) is 0. The first-order valence-electron chi connectivity index (χ1n) is 5.67. The zero-order valence-electron chi connectivity index (χ0n) is 10.7. The zero-order chi connectivity index (χ0) is 12.6. The number of benzene rings is 1. The number of fused-ring (bicyclic) bond motifs is 1. The van der Waals surface area contributed by atoms with E-state index in [0.717, 1.165) is 11.2 Å². The molecule has 90 valence electrons. The molecule has 17 heavy (non-hydrogen) atoms. The second kappa shape index (κ2) is 4.24. The van der Waals surface area contributed by atoms with Gasteiger partial charge in [-0.1, -0.05) is 6.07 Å². The molecule has 0 bridgehead atoms. The maximum atomic E-state index is 11.4. The van der Waals surface area contributed by atoms with Gasteiger partial charge in [0.25, 0.3) is 0 Å². The highest BCUT2D eigenvalue weighted by Crippen LogP contribution is 2.25. The van der Waals surface area contributed by atoms with Crippen molar-refractivity contribution < 1.29 is 9.53 Å². The molecule has 0 N–H and O–H groups in total. The lowest BCUT2D eigenvalue weighted by molar-refractivity contribution is -0.141. The van der Waals surface area contributed by atoms with Gasteiger partial charge >= 0.3 is 5.97 Å². The van der Waals surface area contributed by atoms with E-state index >= 15 is 0 Å². The van der Waals surface area contributed by atoms with Gasteiger partial charge in [-0.2, -0.15) is 0 Å². The monoisotopic (exact) mass is 231 g/mol. The summed E-state index contributed by atoms with van der Waals surface area (Å²) in [7, 11) is 1.42. The van der Waals surface area contributed by atoms with Crippen LogP contribution in [-0.2, 0) is 16.1 Å². The maximum absolute atomic E-state index is 11.4. The Kier molecular flexibility index (Phi) is 2.92. The lowest BCUT2D eigenvalue weighted by Crippen LogP contribution is -2.12. The molecule has 0 unspecified atom stereocenters. The minimum Gasteiger partial charge on any atom is -0.468 e. The molecule has 1 aromatic carbocycles. The van der Waals surface area contributed by atoms with Crippen molar-refractivity contribution in [3.63, 3.8) is 0 Å². The van der Waals surface area contributed by atoms with Crippen LogP contribution in [0.5, 0.6) is 0 Å². The van der Waals surface area contributed by atoms with Crippen LogP contribution >= 0.6 is 0 Å². The molecule has 0 atom stereocenters. The topological polar surface area (TPSA) is 31.2 Å². The molecule has 0 aliphatic carbocycles. The fourth-order valence-corrected chi connectivity index (χ4v) is 2.12. The second-order valence-electron chi connectivity index (χ2n) is 4.39. The average molecular weight is 231 g/mol. The molecule has 0 aliphatic heterocycles. The third-order valence-electron chi connectivity index (χ3n) is 3.35. The van der Waals surface area contributed by atoms with Crippen LogP contribution in [-0.4, -0.2) is 17.6 Å². The lowest BCUT2D eigenvalue weighted by atomic mass is 10.1. The summed E-state index contributed by atoms with van der Waals surface area (Å²) >= 11 is 0. The van der Waals surface area contributed by atoms with Gasteiger partial charge in [0, 0.05) is 16.6 Å². The molecule has 1 aromatic heterocycles. The Labute approximate surface area is 101 Å². The van der Waals surface area contributed by atoms with E-state index in [1.54, 1.807) is 0 Å². The second-order valence-corrected chi connectivity index (χ2v) is 4.39. The van der Waals surface area contributed by atoms with Crippen LogP contribution in [0.15, 0.2) is 18.2 Å². The van der Waals surface area contributed by atoms with Crippen molar-refractivity contribution in [1.29, 1.82) is 0 Å². The van der Waals surface area contributed by atoms with Crippen LogP contribution in [0.4, 0.5) is 0 Å². The SMILES string of the molecule is COC(=O)Cn1c(C)cc2c(C)c(C)ccc21. The molecule has 3 nitrogen and oxygen atoms in total. The summed E-state index contributed by atoms with van der Waals surface area (Å²) in [5.74, 6) is -0.219. The first-order valence-corrected chi connectivity index (χ1v) is 5.67. The van der Waals surface area contributed by atoms with Crippen LogP contribution in [0, 0.1) is 20.8 Å². The van der Waals surface area contributed by atoms with E-state index in [2.05, 4.69) is 32.0 Å². The van der Waals surface area contributed by atoms with Crippen LogP contribution in [0.2, 0.25) is 0 Å². The molecule has 0 amide bonds. The third kappa shape index (κ3) is 1.93. The summed E-state index contributed by atoms with van der Waals surface area (Å²) in [6.45, 7) is 6.49. The number of aromatic nitrogens is 1. The molecular formula is C14H17NO2. The molecule has 1 heterocycles. The van der Waals surface area contributed by atoms with Crippen molar-refractivity contribution in [2.24, 2.45) is 0 Å². The third-order valence-corrected chi connectivity index (χ3v) is 3.35. The first kappa shape index (κ1) is 11.7. The molecule has 0 aliphatic rings. The van der Waals surface area contributed by atoms with Gasteiger partial charge in [-0.3, -0.25) is 4.79 Å². The Balaban J connectivity index is 2.60. The number of hydrogen-bond acceptors (Lipinski definition) is 2. The van der Waals surface area contributed by atoms with E-state index in [1.807, 2.05) is 11.5 Å². The number of methoxy groups -OCH3 is 1. The van der Waals surface area contributed by atoms with Crippen molar-refractivity contribution in [3.05, 3.63) is 35.0 Å². The highest BCUT2D eigenvalue weighted by Gasteiger charge is 2.11. The fourth-order valence-electron chi connectivity index (χ4n) is 2.12. The van der Waals surface area contributed by atoms with Gasteiger partial charge in [0.15, 0.2) is 0 Å². The predicted octanol–water partition coefficient (Wildman–Crippen LogP) is 2.74. The summed E-state index contributed by atoms with van der Waals surface area (Å²) in [5.41, 5.74) is 4.72. The van der Waals surface area contributed by atoms with E-state index in [9.17, 15) is 4.79 Å². The van der Waals surface area contributed by atoms with Gasteiger partial charge in [-0.25, -0.2) is 0 Å². The number of carbonyl (C=O) groups excluding carboxylic acids is 1. The quantitative estimate of drug-likeness (QED) is 0.744. The van der Waals surface area contributed by atoms with E-state index < -0.39 is 0 Å². The zero-order valence-corrected chi connectivity index (χ0v) is 10.7. The van der Waals surface area contributed by atoms with E-state index in [4.69, 9.17) is 4.74 Å². The molecular weight excluding hydrogens is 214 g/mol. The first-order chi connectivity index (χ1) is 8.04. The molecule has 0 spiro atoms. The molecule has 3 heteroatoms. The highest BCUT2D eigenvalue weighted by molar-refractivity contribution is 5.87. The summed E-state index contributed by atoms with van der Waals surface area (Å²) in [5, 5.41) is 1.21. The fraction of sp³-hybridized carbons (Fsp3) is 0.357. The number of rotatable bonds is 2. The predicted molar refractivity (Wildman–Crippen MR) is 68.2 cm³/mol. The van der Waals surface area contributed by atoms with Crippen molar-refractivity contribution in [1.82, 2.24) is 4.57 Å². The molecule has 2 rings (SSSR count).